The average Bonchev–Trinajstić information content (AvgIpc) is 3.39. The Kier molecular flexibility index (Phi) is 56.9. The molecule has 0 aliphatic carbocycles. The van der Waals surface area contributed by atoms with E-state index >= 15 is 0 Å². The van der Waals surface area contributed by atoms with E-state index in [1.54, 1.807) is 0 Å². The topological polar surface area (TPSA) is 78.9 Å². The van der Waals surface area contributed by atoms with Crippen LogP contribution in [-0.4, -0.2) is 37.2 Å². The van der Waals surface area contributed by atoms with Gasteiger partial charge in [0.1, 0.15) is 13.2 Å². The predicted molar refractivity (Wildman–Crippen MR) is 316 cm³/mol. The molecular formula is C67H110O6. The quantitative estimate of drug-likeness (QED) is 0.0261. The summed E-state index contributed by atoms with van der Waals surface area (Å²) in [6.45, 7) is 6.30. The minimum atomic E-state index is -0.789. The summed E-state index contributed by atoms with van der Waals surface area (Å²) in [5.74, 6) is -0.928. The molecule has 0 rings (SSSR count). The van der Waals surface area contributed by atoms with Crippen LogP contribution in [0.1, 0.15) is 265 Å². The van der Waals surface area contributed by atoms with Crippen LogP contribution < -0.4 is 0 Å². The molecule has 414 valence electrons. The van der Waals surface area contributed by atoms with E-state index < -0.39 is 6.10 Å². The first-order chi connectivity index (χ1) is 36.0. The second-order valence-corrected chi connectivity index (χ2v) is 19.5. The zero-order valence-electron chi connectivity index (χ0n) is 47.4. The fourth-order valence-electron chi connectivity index (χ4n) is 8.03. The number of hydrogen-bond acceptors (Lipinski definition) is 6. The molecule has 0 spiro atoms. The van der Waals surface area contributed by atoms with Crippen LogP contribution >= 0.6 is 0 Å². The van der Waals surface area contributed by atoms with Gasteiger partial charge in [0.25, 0.3) is 0 Å². The molecule has 0 heterocycles. The van der Waals surface area contributed by atoms with Gasteiger partial charge in [-0.25, -0.2) is 0 Å². The summed E-state index contributed by atoms with van der Waals surface area (Å²) in [6.07, 6.45) is 83.9. The minimum Gasteiger partial charge on any atom is -0.462 e. The number of rotatable bonds is 53. The van der Waals surface area contributed by atoms with Crippen molar-refractivity contribution in [2.24, 2.45) is 0 Å². The third-order valence-electron chi connectivity index (χ3n) is 12.5. The van der Waals surface area contributed by atoms with Crippen molar-refractivity contribution < 1.29 is 28.6 Å². The highest BCUT2D eigenvalue weighted by Gasteiger charge is 2.19. The van der Waals surface area contributed by atoms with Crippen LogP contribution in [-0.2, 0) is 28.6 Å². The SMILES string of the molecule is CC/C=C\C/C=C\C/C=C\C/C=C\C/C=C\C/C=C\CCCCCCCCCCCCCCCCC(=O)OCC(COC(=O)CCCCCCC)OC(=O)CCCCCC/C=C\C/C=C\C/C=C\C/C=C\CC. The Balaban J connectivity index is 4.03. The lowest BCUT2D eigenvalue weighted by Gasteiger charge is -2.18. The van der Waals surface area contributed by atoms with Crippen LogP contribution in [0.2, 0.25) is 0 Å². The number of carbonyl (C=O) groups is 3. The molecule has 1 unspecified atom stereocenters. The molecule has 0 fully saturated rings. The van der Waals surface area contributed by atoms with Gasteiger partial charge >= 0.3 is 17.9 Å². The van der Waals surface area contributed by atoms with Crippen LogP contribution in [0.25, 0.3) is 0 Å². The van der Waals surface area contributed by atoms with E-state index in [0.717, 1.165) is 141 Å². The molecule has 0 aliphatic rings. The van der Waals surface area contributed by atoms with Gasteiger partial charge in [0.05, 0.1) is 0 Å². The van der Waals surface area contributed by atoms with Crippen LogP contribution in [0.5, 0.6) is 0 Å². The maximum absolute atomic E-state index is 12.8. The maximum Gasteiger partial charge on any atom is 0.306 e. The lowest BCUT2D eigenvalue weighted by molar-refractivity contribution is -0.167. The third-order valence-corrected chi connectivity index (χ3v) is 12.5. The van der Waals surface area contributed by atoms with Gasteiger partial charge in [-0.1, -0.05) is 258 Å². The van der Waals surface area contributed by atoms with Gasteiger partial charge in [0.15, 0.2) is 6.10 Å². The van der Waals surface area contributed by atoms with Crippen molar-refractivity contribution in [3.63, 3.8) is 0 Å². The molecule has 0 aromatic heterocycles. The maximum atomic E-state index is 12.8. The van der Waals surface area contributed by atoms with Crippen LogP contribution in [0.3, 0.4) is 0 Å². The van der Waals surface area contributed by atoms with E-state index in [1.807, 2.05) is 0 Å². The molecule has 0 N–H and O–H groups in total. The zero-order chi connectivity index (χ0) is 52.9. The normalized spacial score (nSPS) is 13.0. The number of hydrogen-bond donors (Lipinski definition) is 0. The molecule has 0 amide bonds. The van der Waals surface area contributed by atoms with Crippen molar-refractivity contribution in [3.05, 3.63) is 122 Å². The molecule has 1 atom stereocenters. The summed E-state index contributed by atoms with van der Waals surface area (Å²) in [6, 6.07) is 0. The number of esters is 3. The van der Waals surface area contributed by atoms with E-state index in [9.17, 15) is 14.4 Å². The van der Waals surface area contributed by atoms with E-state index in [-0.39, 0.29) is 31.1 Å². The molecule has 0 radical (unpaired) electrons. The number of unbranched alkanes of at least 4 members (excludes halogenated alkanes) is 22. The summed E-state index contributed by atoms with van der Waals surface area (Å²) in [7, 11) is 0. The van der Waals surface area contributed by atoms with Crippen molar-refractivity contribution in [2.45, 2.75) is 271 Å². The molecule has 0 aromatic rings. The molecule has 0 aromatic carbocycles. The van der Waals surface area contributed by atoms with E-state index in [4.69, 9.17) is 14.2 Å². The van der Waals surface area contributed by atoms with Crippen LogP contribution in [0.4, 0.5) is 0 Å². The molecule has 0 saturated heterocycles. The van der Waals surface area contributed by atoms with E-state index in [1.165, 1.54) is 83.5 Å². The van der Waals surface area contributed by atoms with Gasteiger partial charge in [-0.2, -0.15) is 0 Å². The van der Waals surface area contributed by atoms with Gasteiger partial charge in [-0.05, 0) is 109 Å². The number of carbonyl (C=O) groups excluding carboxylic acids is 3. The Bertz CT molecular complexity index is 1540. The molecule has 0 aliphatic heterocycles. The lowest BCUT2D eigenvalue weighted by Crippen LogP contribution is -2.30. The zero-order valence-corrected chi connectivity index (χ0v) is 47.4. The first-order valence-electron chi connectivity index (χ1n) is 30.0. The Hall–Kier alpha value is -4.19. The number of allylic oxidation sites excluding steroid dienone is 20. The Labute approximate surface area is 450 Å². The summed E-state index contributed by atoms with van der Waals surface area (Å²) in [5, 5.41) is 0. The first-order valence-corrected chi connectivity index (χ1v) is 30.0. The first kappa shape index (κ1) is 68.8. The number of ether oxygens (including phenoxy) is 3. The van der Waals surface area contributed by atoms with Crippen molar-refractivity contribution in [1.82, 2.24) is 0 Å². The third kappa shape index (κ3) is 58.6. The van der Waals surface area contributed by atoms with Crippen LogP contribution in [0.15, 0.2) is 122 Å². The second-order valence-electron chi connectivity index (χ2n) is 19.5. The Morgan fingerprint density at radius 3 is 0.836 bits per heavy atom. The fraction of sp³-hybridized carbons (Fsp3) is 0.657. The van der Waals surface area contributed by atoms with Crippen LogP contribution in [0, 0.1) is 0 Å². The van der Waals surface area contributed by atoms with Crippen molar-refractivity contribution in [2.75, 3.05) is 13.2 Å². The predicted octanol–water partition coefficient (Wildman–Crippen LogP) is 20.4. The van der Waals surface area contributed by atoms with E-state index in [0.29, 0.717) is 19.3 Å². The largest absolute Gasteiger partial charge is 0.462 e. The van der Waals surface area contributed by atoms with Crippen molar-refractivity contribution in [3.8, 4) is 0 Å². The lowest BCUT2D eigenvalue weighted by atomic mass is 10.0. The van der Waals surface area contributed by atoms with Gasteiger partial charge in [0, 0.05) is 19.3 Å². The summed E-state index contributed by atoms with van der Waals surface area (Å²) >= 11 is 0. The molecule has 0 saturated carbocycles. The highest BCUT2D eigenvalue weighted by Crippen LogP contribution is 2.15. The second kappa shape index (κ2) is 60.4. The Morgan fingerprint density at radius 1 is 0.288 bits per heavy atom. The van der Waals surface area contributed by atoms with E-state index in [2.05, 4.69) is 142 Å². The average molecular weight is 1010 g/mol. The summed E-state index contributed by atoms with van der Waals surface area (Å²) in [5.41, 5.74) is 0. The molecule has 73 heavy (non-hydrogen) atoms. The smallest absolute Gasteiger partial charge is 0.306 e. The monoisotopic (exact) mass is 1010 g/mol. The summed E-state index contributed by atoms with van der Waals surface area (Å²) in [4.78, 5) is 37.8. The molecule has 6 heteroatoms. The van der Waals surface area contributed by atoms with Gasteiger partial charge < -0.3 is 14.2 Å². The molecular weight excluding hydrogens is 901 g/mol. The van der Waals surface area contributed by atoms with Gasteiger partial charge in [-0.15, -0.1) is 0 Å². The Morgan fingerprint density at radius 2 is 0.534 bits per heavy atom. The standard InChI is InChI=1S/C67H110O6/c1-4-7-10-13-15-17-19-21-23-25-26-27-28-29-30-31-32-33-34-35-36-37-38-39-40-42-43-45-47-49-51-54-57-60-66(69)72-63-64(62-71-65(68)59-56-53-12-9-6-3)73-67(70)61-58-55-52-50-48-46-44-41-24-22-20-18-16-14-11-8-5-2/h7-8,10-11,15-18,21-24,26-27,29-30,32-33,44,46,64H,4-6,9,12-14,19-20,25,28,31,34-43,45,47-63H2,1-3H3/b10-7-,11-8-,17-15-,18-16-,23-21-,24-22-,27-26-,30-29-,33-32-,46-44-. The fourth-order valence-corrected chi connectivity index (χ4v) is 8.03. The minimum absolute atomic E-state index is 0.0890. The summed E-state index contributed by atoms with van der Waals surface area (Å²) < 4.78 is 16.7. The van der Waals surface area contributed by atoms with Gasteiger partial charge in [-0.3, -0.25) is 14.4 Å². The van der Waals surface area contributed by atoms with Crippen molar-refractivity contribution >= 4 is 17.9 Å². The molecule has 6 nitrogen and oxygen atoms in total. The van der Waals surface area contributed by atoms with Gasteiger partial charge in [0.2, 0.25) is 0 Å². The highest BCUT2D eigenvalue weighted by molar-refractivity contribution is 5.71. The van der Waals surface area contributed by atoms with Crippen molar-refractivity contribution in [1.29, 1.82) is 0 Å². The highest BCUT2D eigenvalue weighted by atomic mass is 16.6. The molecule has 0 bridgehead atoms.